The minimum Gasteiger partial charge on any atom is -0.337 e. The summed E-state index contributed by atoms with van der Waals surface area (Å²) in [6, 6.07) is 6.08. The van der Waals surface area contributed by atoms with Crippen molar-refractivity contribution in [2.45, 2.75) is 26.9 Å². The van der Waals surface area contributed by atoms with Crippen molar-refractivity contribution in [2.75, 3.05) is 7.05 Å². The number of benzene rings is 1. The molecule has 2 aromatic heterocycles. The van der Waals surface area contributed by atoms with Gasteiger partial charge < -0.3 is 4.90 Å². The lowest BCUT2D eigenvalue weighted by Crippen LogP contribution is -2.26. The summed E-state index contributed by atoms with van der Waals surface area (Å²) in [7, 11) is 1.73. The van der Waals surface area contributed by atoms with Crippen molar-refractivity contribution < 1.29 is 9.18 Å². The third-order valence-electron chi connectivity index (χ3n) is 4.11. The van der Waals surface area contributed by atoms with Gasteiger partial charge in [0.05, 0.1) is 23.1 Å². The maximum atomic E-state index is 13.5. The highest BCUT2D eigenvalue weighted by molar-refractivity contribution is 5.99. The van der Waals surface area contributed by atoms with Gasteiger partial charge in [-0.05, 0) is 26.0 Å². The predicted molar refractivity (Wildman–Crippen MR) is 92.4 cm³/mol. The van der Waals surface area contributed by atoms with Crippen LogP contribution in [0, 0.1) is 12.7 Å². The number of rotatable bonds is 5. The molecular formula is C18H20FN5O. The van der Waals surface area contributed by atoms with Crippen molar-refractivity contribution in [3.8, 4) is 11.3 Å². The zero-order chi connectivity index (χ0) is 18.0. The molecule has 0 saturated heterocycles. The van der Waals surface area contributed by atoms with E-state index in [0.29, 0.717) is 23.4 Å². The first kappa shape index (κ1) is 16.9. The van der Waals surface area contributed by atoms with Gasteiger partial charge in [-0.1, -0.05) is 12.1 Å². The summed E-state index contributed by atoms with van der Waals surface area (Å²) >= 11 is 0. The van der Waals surface area contributed by atoms with Gasteiger partial charge in [0.1, 0.15) is 5.82 Å². The Morgan fingerprint density at radius 1 is 1.40 bits per heavy atom. The molecule has 0 saturated carbocycles. The van der Waals surface area contributed by atoms with Gasteiger partial charge in [0.2, 0.25) is 0 Å². The Hall–Kier alpha value is -2.96. The third-order valence-corrected chi connectivity index (χ3v) is 4.11. The highest BCUT2D eigenvalue weighted by Gasteiger charge is 2.20. The van der Waals surface area contributed by atoms with E-state index in [2.05, 4.69) is 15.3 Å². The normalized spacial score (nSPS) is 10.9. The molecule has 0 fully saturated rings. The van der Waals surface area contributed by atoms with Crippen LogP contribution in [0.15, 0.2) is 36.7 Å². The van der Waals surface area contributed by atoms with E-state index in [-0.39, 0.29) is 11.7 Å². The molecule has 1 amide bonds. The number of aryl methyl sites for hydroxylation is 2. The number of carbonyl (C=O) groups is 1. The van der Waals surface area contributed by atoms with Gasteiger partial charge in [0.15, 0.2) is 0 Å². The van der Waals surface area contributed by atoms with Crippen LogP contribution in [0.25, 0.3) is 11.3 Å². The Morgan fingerprint density at radius 3 is 2.88 bits per heavy atom. The van der Waals surface area contributed by atoms with Crippen LogP contribution in [-0.2, 0) is 13.1 Å². The van der Waals surface area contributed by atoms with Gasteiger partial charge >= 0.3 is 0 Å². The molecule has 130 valence electrons. The number of halogens is 1. The molecule has 0 spiro atoms. The van der Waals surface area contributed by atoms with Crippen LogP contribution in [0.5, 0.6) is 0 Å². The molecule has 0 radical (unpaired) electrons. The molecule has 7 heteroatoms. The SMILES string of the molecule is CCn1cc(CN(C)C(=O)c2cn[nH]c2-c2cccc(F)c2)c(C)n1. The topological polar surface area (TPSA) is 66.8 Å². The van der Waals surface area contributed by atoms with Crippen molar-refractivity contribution in [3.63, 3.8) is 0 Å². The molecule has 3 aromatic rings. The zero-order valence-electron chi connectivity index (χ0n) is 14.5. The number of hydrogen-bond donors (Lipinski definition) is 1. The summed E-state index contributed by atoms with van der Waals surface area (Å²) < 4.78 is 15.3. The first-order valence-corrected chi connectivity index (χ1v) is 8.07. The van der Waals surface area contributed by atoms with Gasteiger partial charge in [0.25, 0.3) is 5.91 Å². The van der Waals surface area contributed by atoms with E-state index < -0.39 is 0 Å². The van der Waals surface area contributed by atoms with Gasteiger partial charge in [-0.3, -0.25) is 14.6 Å². The average Bonchev–Trinajstić information content (AvgIpc) is 3.21. The van der Waals surface area contributed by atoms with E-state index >= 15 is 0 Å². The third kappa shape index (κ3) is 3.45. The predicted octanol–water partition coefficient (Wildman–Crippen LogP) is 3.01. The van der Waals surface area contributed by atoms with Gasteiger partial charge in [-0.15, -0.1) is 0 Å². The van der Waals surface area contributed by atoms with Crippen molar-refractivity contribution >= 4 is 5.91 Å². The molecule has 0 aliphatic heterocycles. The summed E-state index contributed by atoms with van der Waals surface area (Å²) in [5, 5.41) is 11.2. The van der Waals surface area contributed by atoms with Crippen molar-refractivity contribution in [2.24, 2.45) is 0 Å². The second kappa shape index (κ2) is 6.88. The number of aromatic nitrogens is 4. The number of hydrogen-bond acceptors (Lipinski definition) is 3. The van der Waals surface area contributed by atoms with Crippen LogP contribution in [-0.4, -0.2) is 37.8 Å². The lowest BCUT2D eigenvalue weighted by molar-refractivity contribution is 0.0785. The second-order valence-corrected chi connectivity index (χ2v) is 5.93. The van der Waals surface area contributed by atoms with E-state index in [0.717, 1.165) is 17.8 Å². The number of carbonyl (C=O) groups excluding carboxylic acids is 1. The number of nitrogens with zero attached hydrogens (tertiary/aromatic N) is 4. The molecule has 0 aliphatic rings. The van der Waals surface area contributed by atoms with E-state index in [1.807, 2.05) is 24.7 Å². The Bertz CT molecular complexity index is 899. The summed E-state index contributed by atoms with van der Waals surface area (Å²) in [4.78, 5) is 14.4. The molecule has 2 heterocycles. The minimum atomic E-state index is -0.360. The van der Waals surface area contributed by atoms with Crippen molar-refractivity contribution in [1.82, 2.24) is 24.9 Å². The molecule has 0 atom stereocenters. The van der Waals surface area contributed by atoms with Crippen LogP contribution in [0.2, 0.25) is 0 Å². The van der Waals surface area contributed by atoms with Gasteiger partial charge in [0, 0.05) is 37.5 Å². The fraction of sp³-hybridized carbons (Fsp3) is 0.278. The lowest BCUT2D eigenvalue weighted by atomic mass is 10.1. The molecule has 6 nitrogen and oxygen atoms in total. The summed E-state index contributed by atoms with van der Waals surface area (Å²) in [5.41, 5.74) is 3.41. The summed E-state index contributed by atoms with van der Waals surface area (Å²) in [6.07, 6.45) is 3.42. The molecule has 3 rings (SSSR count). The second-order valence-electron chi connectivity index (χ2n) is 5.93. The first-order chi connectivity index (χ1) is 12.0. The molecule has 1 aromatic carbocycles. The first-order valence-electron chi connectivity index (χ1n) is 8.07. The van der Waals surface area contributed by atoms with E-state index in [1.165, 1.54) is 18.3 Å². The lowest BCUT2D eigenvalue weighted by Gasteiger charge is -2.16. The largest absolute Gasteiger partial charge is 0.337 e. The highest BCUT2D eigenvalue weighted by atomic mass is 19.1. The molecular weight excluding hydrogens is 321 g/mol. The Balaban J connectivity index is 1.84. The van der Waals surface area contributed by atoms with E-state index in [1.54, 1.807) is 24.1 Å². The zero-order valence-corrected chi connectivity index (χ0v) is 14.5. The fourth-order valence-corrected chi connectivity index (χ4v) is 2.72. The Labute approximate surface area is 145 Å². The van der Waals surface area contributed by atoms with Crippen LogP contribution < -0.4 is 0 Å². The smallest absolute Gasteiger partial charge is 0.257 e. The highest BCUT2D eigenvalue weighted by Crippen LogP contribution is 2.23. The maximum absolute atomic E-state index is 13.5. The Morgan fingerprint density at radius 2 is 2.20 bits per heavy atom. The number of aromatic amines is 1. The van der Waals surface area contributed by atoms with Crippen LogP contribution in [0.4, 0.5) is 4.39 Å². The molecule has 0 aliphatic carbocycles. The number of amides is 1. The molecule has 0 unspecified atom stereocenters. The molecule has 0 bridgehead atoms. The van der Waals surface area contributed by atoms with Crippen LogP contribution in [0.3, 0.4) is 0 Å². The van der Waals surface area contributed by atoms with Crippen LogP contribution >= 0.6 is 0 Å². The summed E-state index contributed by atoms with van der Waals surface area (Å²) in [5.74, 6) is -0.543. The minimum absolute atomic E-state index is 0.184. The van der Waals surface area contributed by atoms with E-state index in [4.69, 9.17) is 0 Å². The number of nitrogens with one attached hydrogen (secondary N) is 1. The van der Waals surface area contributed by atoms with Crippen LogP contribution in [0.1, 0.15) is 28.5 Å². The van der Waals surface area contributed by atoms with Crippen molar-refractivity contribution in [3.05, 3.63) is 59.3 Å². The number of H-pyrrole nitrogens is 1. The van der Waals surface area contributed by atoms with Gasteiger partial charge in [-0.25, -0.2) is 4.39 Å². The standard InChI is InChI=1S/C18H20FN5O/c1-4-24-11-14(12(2)22-24)10-23(3)18(25)16-9-20-21-17(16)13-6-5-7-15(19)8-13/h5-9,11H,4,10H2,1-3H3,(H,20,21). The van der Waals surface area contributed by atoms with E-state index in [9.17, 15) is 9.18 Å². The molecule has 1 N–H and O–H groups in total. The Kier molecular flexibility index (Phi) is 4.65. The summed E-state index contributed by atoms with van der Waals surface area (Å²) in [6.45, 7) is 5.17. The average molecular weight is 341 g/mol. The quantitative estimate of drug-likeness (QED) is 0.776. The monoisotopic (exact) mass is 341 g/mol. The maximum Gasteiger partial charge on any atom is 0.257 e. The van der Waals surface area contributed by atoms with Gasteiger partial charge in [-0.2, -0.15) is 10.2 Å². The van der Waals surface area contributed by atoms with Crippen molar-refractivity contribution in [1.29, 1.82) is 0 Å². The molecule has 25 heavy (non-hydrogen) atoms. The fourth-order valence-electron chi connectivity index (χ4n) is 2.72.